The molecule has 0 spiro atoms. The number of likely N-dealkylation sites (N-methyl/N-ethyl adjacent to an activating group) is 1. The second kappa shape index (κ2) is 7.21. The highest BCUT2D eigenvalue weighted by Gasteiger charge is 2.41. The van der Waals surface area contributed by atoms with Crippen molar-refractivity contribution in [2.75, 3.05) is 20.1 Å². The van der Waals surface area contributed by atoms with Crippen LogP contribution in [0.25, 0.3) is 0 Å². The van der Waals surface area contributed by atoms with E-state index in [1.807, 2.05) is 11.3 Å². The van der Waals surface area contributed by atoms with Crippen LogP contribution < -0.4 is 5.32 Å². The molecule has 0 saturated carbocycles. The minimum Gasteiger partial charge on any atom is -0.315 e. The van der Waals surface area contributed by atoms with Gasteiger partial charge in [-0.3, -0.25) is 4.90 Å². The maximum Gasteiger partial charge on any atom is 0.0947 e. The Balaban J connectivity index is 2.22. The molecular weight excluding hydrogens is 278 g/mol. The molecular formula is C17H31N3S. The van der Waals surface area contributed by atoms with E-state index in [0.717, 1.165) is 6.42 Å². The topological polar surface area (TPSA) is 28.2 Å². The van der Waals surface area contributed by atoms with Gasteiger partial charge in [-0.05, 0) is 59.7 Å². The van der Waals surface area contributed by atoms with Crippen LogP contribution in [0.15, 0.2) is 0 Å². The molecule has 21 heavy (non-hydrogen) atoms. The van der Waals surface area contributed by atoms with Crippen LogP contribution >= 0.6 is 11.3 Å². The van der Waals surface area contributed by atoms with Gasteiger partial charge in [0, 0.05) is 22.9 Å². The predicted molar refractivity (Wildman–Crippen MR) is 92.3 cm³/mol. The van der Waals surface area contributed by atoms with Gasteiger partial charge in [0.15, 0.2) is 0 Å². The lowest BCUT2D eigenvalue weighted by Gasteiger charge is -2.46. The first-order valence-electron chi connectivity index (χ1n) is 8.42. The van der Waals surface area contributed by atoms with E-state index in [0.29, 0.717) is 6.04 Å². The number of likely N-dealkylation sites (tertiary alicyclic amines) is 1. The molecule has 1 atom stereocenters. The molecule has 1 aliphatic rings. The molecule has 120 valence electrons. The Hall–Kier alpha value is -0.450. The Morgan fingerprint density at radius 3 is 2.29 bits per heavy atom. The van der Waals surface area contributed by atoms with Crippen LogP contribution in [0.4, 0.5) is 0 Å². The third-order valence-electron chi connectivity index (χ3n) is 5.41. The molecule has 0 aromatic carbocycles. The Morgan fingerprint density at radius 1 is 1.24 bits per heavy atom. The number of nitrogens with zero attached hydrogens (tertiary/aromatic N) is 2. The van der Waals surface area contributed by atoms with E-state index in [1.165, 1.54) is 54.4 Å². The van der Waals surface area contributed by atoms with Gasteiger partial charge >= 0.3 is 0 Å². The second-order valence-electron chi connectivity index (χ2n) is 6.30. The predicted octanol–water partition coefficient (Wildman–Crippen LogP) is 3.55. The zero-order valence-electron chi connectivity index (χ0n) is 14.3. The maximum atomic E-state index is 4.77. The lowest BCUT2D eigenvalue weighted by atomic mass is 9.81. The molecule has 3 nitrogen and oxygen atoms in total. The third kappa shape index (κ3) is 3.33. The SMILES string of the molecule is CCC(CC)(C(Cc1nc(C)c(C)s1)NC)N1CCCC1. The van der Waals surface area contributed by atoms with Gasteiger partial charge in [0.25, 0.3) is 0 Å². The highest BCUT2D eigenvalue weighted by molar-refractivity contribution is 7.11. The average Bonchev–Trinajstić information content (AvgIpc) is 3.11. The Bertz CT molecular complexity index is 425. The molecule has 1 aromatic rings. The monoisotopic (exact) mass is 309 g/mol. The molecule has 0 bridgehead atoms. The van der Waals surface area contributed by atoms with Gasteiger partial charge in [0.1, 0.15) is 0 Å². The van der Waals surface area contributed by atoms with E-state index in [4.69, 9.17) is 4.98 Å². The minimum atomic E-state index is 0.277. The smallest absolute Gasteiger partial charge is 0.0947 e. The average molecular weight is 310 g/mol. The summed E-state index contributed by atoms with van der Waals surface area (Å²) in [4.78, 5) is 8.87. The largest absolute Gasteiger partial charge is 0.315 e. The fourth-order valence-electron chi connectivity index (χ4n) is 3.93. The van der Waals surface area contributed by atoms with Gasteiger partial charge in [0.2, 0.25) is 0 Å². The number of aromatic nitrogens is 1. The summed E-state index contributed by atoms with van der Waals surface area (Å²) in [5, 5.41) is 4.91. The van der Waals surface area contributed by atoms with Gasteiger partial charge in [-0.1, -0.05) is 13.8 Å². The van der Waals surface area contributed by atoms with Gasteiger partial charge < -0.3 is 5.32 Å². The van der Waals surface area contributed by atoms with E-state index < -0.39 is 0 Å². The molecule has 4 heteroatoms. The molecule has 1 saturated heterocycles. The minimum absolute atomic E-state index is 0.277. The number of nitrogens with one attached hydrogen (secondary N) is 1. The normalized spacial score (nSPS) is 18.3. The van der Waals surface area contributed by atoms with E-state index in [-0.39, 0.29) is 5.54 Å². The molecule has 1 aromatic heterocycles. The zero-order chi connectivity index (χ0) is 15.5. The Labute approximate surface area is 134 Å². The first-order valence-corrected chi connectivity index (χ1v) is 9.24. The summed E-state index contributed by atoms with van der Waals surface area (Å²) in [7, 11) is 2.12. The van der Waals surface area contributed by atoms with Crippen LogP contribution in [0.3, 0.4) is 0 Å². The number of rotatable bonds is 7. The zero-order valence-corrected chi connectivity index (χ0v) is 15.1. The van der Waals surface area contributed by atoms with Gasteiger partial charge in [0.05, 0.1) is 10.7 Å². The summed E-state index contributed by atoms with van der Waals surface area (Å²) >= 11 is 1.87. The molecule has 0 amide bonds. The third-order valence-corrected chi connectivity index (χ3v) is 6.50. The number of thiazole rings is 1. The molecule has 0 aliphatic carbocycles. The van der Waals surface area contributed by atoms with Crippen LogP contribution in [0.5, 0.6) is 0 Å². The van der Waals surface area contributed by atoms with Crippen molar-refractivity contribution in [2.45, 2.75) is 71.4 Å². The van der Waals surface area contributed by atoms with Crippen LogP contribution in [0.2, 0.25) is 0 Å². The number of aryl methyl sites for hydroxylation is 2. The molecule has 1 N–H and O–H groups in total. The summed E-state index contributed by atoms with van der Waals surface area (Å²) in [6.07, 6.45) is 6.17. The molecule has 1 aliphatic heterocycles. The van der Waals surface area contributed by atoms with Crippen LogP contribution in [-0.4, -0.2) is 41.6 Å². The fourth-order valence-corrected chi connectivity index (χ4v) is 4.91. The van der Waals surface area contributed by atoms with E-state index in [2.05, 4.69) is 45.0 Å². The number of hydrogen-bond donors (Lipinski definition) is 1. The fraction of sp³-hybridized carbons (Fsp3) is 0.824. The van der Waals surface area contributed by atoms with Crippen LogP contribution in [-0.2, 0) is 6.42 Å². The van der Waals surface area contributed by atoms with Crippen molar-refractivity contribution in [3.05, 3.63) is 15.6 Å². The van der Waals surface area contributed by atoms with Crippen molar-refractivity contribution in [1.29, 1.82) is 0 Å². The molecule has 2 heterocycles. The van der Waals surface area contributed by atoms with Crippen molar-refractivity contribution in [3.63, 3.8) is 0 Å². The van der Waals surface area contributed by atoms with Gasteiger partial charge in [-0.25, -0.2) is 4.98 Å². The first-order chi connectivity index (χ1) is 10.1. The van der Waals surface area contributed by atoms with E-state index in [1.54, 1.807) is 0 Å². The molecule has 1 fully saturated rings. The summed E-state index contributed by atoms with van der Waals surface area (Å²) < 4.78 is 0. The van der Waals surface area contributed by atoms with E-state index >= 15 is 0 Å². The summed E-state index contributed by atoms with van der Waals surface area (Å²) in [5.41, 5.74) is 1.48. The molecule has 0 radical (unpaired) electrons. The molecule has 2 rings (SSSR count). The van der Waals surface area contributed by atoms with Crippen molar-refractivity contribution < 1.29 is 0 Å². The number of hydrogen-bond acceptors (Lipinski definition) is 4. The van der Waals surface area contributed by atoms with Gasteiger partial charge in [-0.2, -0.15) is 0 Å². The van der Waals surface area contributed by atoms with Crippen molar-refractivity contribution in [3.8, 4) is 0 Å². The lowest BCUT2D eigenvalue weighted by molar-refractivity contribution is 0.0650. The summed E-state index contributed by atoms with van der Waals surface area (Å²) in [6, 6.07) is 0.482. The Kier molecular flexibility index (Phi) is 5.81. The molecule has 1 unspecified atom stereocenters. The van der Waals surface area contributed by atoms with Gasteiger partial charge in [-0.15, -0.1) is 11.3 Å². The van der Waals surface area contributed by atoms with Crippen molar-refractivity contribution >= 4 is 11.3 Å². The first kappa shape index (κ1) is 16.9. The highest BCUT2D eigenvalue weighted by atomic mass is 32.1. The van der Waals surface area contributed by atoms with Crippen LogP contribution in [0.1, 0.15) is 55.1 Å². The highest BCUT2D eigenvalue weighted by Crippen LogP contribution is 2.33. The van der Waals surface area contributed by atoms with Crippen LogP contribution in [0, 0.1) is 13.8 Å². The standard InChI is InChI=1S/C17H31N3S/c1-6-17(7-2,20-10-8-9-11-20)15(18-5)12-16-19-13(3)14(4)21-16/h15,18H,6-12H2,1-5H3. The van der Waals surface area contributed by atoms with E-state index in [9.17, 15) is 0 Å². The second-order valence-corrected chi connectivity index (χ2v) is 7.59. The van der Waals surface area contributed by atoms with Crippen molar-refractivity contribution in [2.24, 2.45) is 0 Å². The Morgan fingerprint density at radius 2 is 1.86 bits per heavy atom. The lowest BCUT2D eigenvalue weighted by Crippen LogP contribution is -2.60. The maximum absolute atomic E-state index is 4.77. The summed E-state index contributed by atoms with van der Waals surface area (Å²) in [6.45, 7) is 11.5. The summed E-state index contributed by atoms with van der Waals surface area (Å²) in [5.74, 6) is 0. The van der Waals surface area contributed by atoms with Crippen molar-refractivity contribution in [1.82, 2.24) is 15.2 Å². The quantitative estimate of drug-likeness (QED) is 0.835.